The van der Waals surface area contributed by atoms with E-state index in [-0.39, 0.29) is 5.56 Å². The van der Waals surface area contributed by atoms with Crippen molar-refractivity contribution >= 4 is 23.1 Å². The van der Waals surface area contributed by atoms with Crippen molar-refractivity contribution in [1.82, 2.24) is 4.98 Å². The third-order valence-electron chi connectivity index (χ3n) is 4.51. The normalized spacial score (nSPS) is 13.2. The fourth-order valence-electron chi connectivity index (χ4n) is 3.24. The minimum absolute atomic E-state index is 0.0153. The van der Waals surface area contributed by atoms with E-state index in [4.69, 9.17) is 0 Å². The smallest absolute Gasteiger partial charge is 0.258 e. The lowest BCUT2D eigenvalue weighted by Gasteiger charge is -2.30. The summed E-state index contributed by atoms with van der Waals surface area (Å²) in [7, 11) is 0. The average Bonchev–Trinajstić information content (AvgIpc) is 2.68. The first kappa shape index (κ1) is 16.3. The van der Waals surface area contributed by atoms with Crippen LogP contribution in [-0.2, 0) is 6.42 Å². The van der Waals surface area contributed by atoms with Crippen molar-refractivity contribution in [2.24, 2.45) is 0 Å². The molecule has 4 nitrogen and oxygen atoms in total. The highest BCUT2D eigenvalue weighted by molar-refractivity contribution is 6.04. The number of fused-ring (bicyclic) bond motifs is 1. The maximum absolute atomic E-state index is 13.7. The minimum atomic E-state index is -0.542. The number of carbonyl (C=O) groups is 1. The van der Waals surface area contributed by atoms with Gasteiger partial charge in [-0.15, -0.1) is 0 Å². The third-order valence-corrected chi connectivity index (χ3v) is 4.51. The molecule has 130 valence electrons. The highest BCUT2D eigenvalue weighted by atomic mass is 19.1. The fraction of sp³-hybridized carbons (Fsp3) is 0.143. The number of carbonyl (C=O) groups excluding carboxylic acids is 1. The molecule has 0 radical (unpaired) electrons. The van der Waals surface area contributed by atoms with Crippen molar-refractivity contribution in [3.8, 4) is 0 Å². The van der Waals surface area contributed by atoms with Gasteiger partial charge in [0.2, 0.25) is 0 Å². The molecule has 0 atom stereocenters. The van der Waals surface area contributed by atoms with Gasteiger partial charge in [0.05, 0.1) is 17.4 Å². The molecule has 26 heavy (non-hydrogen) atoms. The molecule has 2 heterocycles. The number of para-hydroxylation sites is 1. The first-order valence-electron chi connectivity index (χ1n) is 8.60. The molecule has 0 spiro atoms. The van der Waals surface area contributed by atoms with E-state index in [0.717, 1.165) is 25.2 Å². The molecule has 4 rings (SSSR count). The van der Waals surface area contributed by atoms with Crippen LogP contribution in [0.4, 0.5) is 21.6 Å². The van der Waals surface area contributed by atoms with Crippen molar-refractivity contribution < 1.29 is 9.18 Å². The number of anilines is 3. The summed E-state index contributed by atoms with van der Waals surface area (Å²) in [5.74, 6) is -0.193. The summed E-state index contributed by atoms with van der Waals surface area (Å²) in [5, 5.41) is 2.69. The van der Waals surface area contributed by atoms with E-state index in [1.807, 2.05) is 12.1 Å². The molecular formula is C21H18FN3O. The molecule has 0 aliphatic carbocycles. The van der Waals surface area contributed by atoms with Gasteiger partial charge in [0.15, 0.2) is 0 Å². The Morgan fingerprint density at radius 3 is 2.65 bits per heavy atom. The number of hydrogen-bond donors (Lipinski definition) is 1. The van der Waals surface area contributed by atoms with E-state index in [2.05, 4.69) is 33.4 Å². The summed E-state index contributed by atoms with van der Waals surface area (Å²) in [6.07, 6.45) is 3.75. The predicted octanol–water partition coefficient (Wildman–Crippen LogP) is 4.56. The van der Waals surface area contributed by atoms with E-state index in [0.29, 0.717) is 5.69 Å². The molecule has 0 fully saturated rings. The van der Waals surface area contributed by atoms with Crippen LogP contribution < -0.4 is 10.2 Å². The topological polar surface area (TPSA) is 45.2 Å². The molecule has 1 aliphatic heterocycles. The molecular weight excluding hydrogens is 329 g/mol. The Morgan fingerprint density at radius 1 is 1.04 bits per heavy atom. The van der Waals surface area contributed by atoms with Gasteiger partial charge in [0.25, 0.3) is 5.91 Å². The van der Waals surface area contributed by atoms with Crippen LogP contribution in [0.5, 0.6) is 0 Å². The van der Waals surface area contributed by atoms with Crippen LogP contribution in [0, 0.1) is 5.82 Å². The zero-order valence-corrected chi connectivity index (χ0v) is 14.2. The number of halogens is 1. The Bertz CT molecular complexity index is 940. The predicted molar refractivity (Wildman–Crippen MR) is 100 cm³/mol. The van der Waals surface area contributed by atoms with Crippen molar-refractivity contribution in [3.63, 3.8) is 0 Å². The summed E-state index contributed by atoms with van der Waals surface area (Å²) in [4.78, 5) is 18.9. The van der Waals surface area contributed by atoms with E-state index < -0.39 is 11.7 Å². The first-order valence-corrected chi connectivity index (χ1v) is 8.60. The second-order valence-corrected chi connectivity index (χ2v) is 6.22. The summed E-state index contributed by atoms with van der Waals surface area (Å²) in [6, 6.07) is 17.9. The van der Waals surface area contributed by atoms with Crippen molar-refractivity contribution in [3.05, 3.63) is 83.8 Å². The number of rotatable bonds is 3. The van der Waals surface area contributed by atoms with Gasteiger partial charge in [-0.2, -0.15) is 0 Å². The standard InChI is InChI=1S/C21H18FN3O/c22-18-9-3-2-8-17(18)21(26)24-16-11-12-20(23-14-16)25-13-5-7-15-6-1-4-10-19(15)25/h1-4,6,8-12,14H,5,7,13H2,(H,24,26). The zero-order chi connectivity index (χ0) is 17.9. The number of aryl methyl sites for hydroxylation is 1. The molecule has 1 aliphatic rings. The molecule has 5 heteroatoms. The first-order chi connectivity index (χ1) is 12.7. The molecule has 1 N–H and O–H groups in total. The van der Waals surface area contributed by atoms with Gasteiger partial charge >= 0.3 is 0 Å². The molecule has 1 aromatic heterocycles. The number of nitrogens with one attached hydrogen (secondary N) is 1. The molecule has 0 saturated carbocycles. The number of benzene rings is 2. The fourth-order valence-corrected chi connectivity index (χ4v) is 3.24. The summed E-state index contributed by atoms with van der Waals surface area (Å²) < 4.78 is 13.7. The van der Waals surface area contributed by atoms with Crippen LogP contribution in [0.3, 0.4) is 0 Å². The number of aromatic nitrogens is 1. The minimum Gasteiger partial charge on any atom is -0.326 e. The number of pyridine rings is 1. The van der Waals surface area contributed by atoms with Gasteiger partial charge < -0.3 is 10.2 Å². The van der Waals surface area contributed by atoms with E-state index >= 15 is 0 Å². The molecule has 0 unspecified atom stereocenters. The number of hydrogen-bond acceptors (Lipinski definition) is 3. The maximum Gasteiger partial charge on any atom is 0.258 e. The molecule has 2 aromatic carbocycles. The maximum atomic E-state index is 13.7. The number of amides is 1. The lowest BCUT2D eigenvalue weighted by molar-refractivity contribution is 0.102. The Morgan fingerprint density at radius 2 is 1.85 bits per heavy atom. The van der Waals surface area contributed by atoms with Crippen LogP contribution in [0.15, 0.2) is 66.9 Å². The van der Waals surface area contributed by atoms with Crippen molar-refractivity contribution in [1.29, 1.82) is 0 Å². The van der Waals surface area contributed by atoms with Crippen LogP contribution in [-0.4, -0.2) is 17.4 Å². The van der Waals surface area contributed by atoms with Crippen LogP contribution in [0.1, 0.15) is 22.3 Å². The van der Waals surface area contributed by atoms with Crippen molar-refractivity contribution in [2.75, 3.05) is 16.8 Å². The van der Waals surface area contributed by atoms with Crippen LogP contribution in [0.2, 0.25) is 0 Å². The zero-order valence-electron chi connectivity index (χ0n) is 14.2. The quantitative estimate of drug-likeness (QED) is 0.755. The Kier molecular flexibility index (Phi) is 4.35. The van der Waals surface area contributed by atoms with Crippen molar-refractivity contribution in [2.45, 2.75) is 12.8 Å². The SMILES string of the molecule is O=C(Nc1ccc(N2CCCc3ccccc32)nc1)c1ccccc1F. The van der Waals surface area contributed by atoms with Crippen LogP contribution in [0.25, 0.3) is 0 Å². The lowest BCUT2D eigenvalue weighted by Crippen LogP contribution is -2.25. The second kappa shape index (κ2) is 6.96. The molecule has 0 bridgehead atoms. The van der Waals surface area contributed by atoms with Gasteiger partial charge in [-0.25, -0.2) is 9.37 Å². The summed E-state index contributed by atoms with van der Waals surface area (Å²) in [6.45, 7) is 0.908. The Balaban J connectivity index is 1.53. The Labute approximate surface area is 151 Å². The highest BCUT2D eigenvalue weighted by Gasteiger charge is 2.18. The van der Waals surface area contributed by atoms with Gasteiger partial charge in [0.1, 0.15) is 11.6 Å². The summed E-state index contributed by atoms with van der Waals surface area (Å²) >= 11 is 0. The largest absolute Gasteiger partial charge is 0.326 e. The number of nitrogens with zero attached hydrogens (tertiary/aromatic N) is 2. The monoisotopic (exact) mass is 347 g/mol. The Hall–Kier alpha value is -3.21. The molecule has 3 aromatic rings. The van der Waals surface area contributed by atoms with E-state index in [1.165, 1.54) is 23.4 Å². The average molecular weight is 347 g/mol. The molecule has 1 amide bonds. The van der Waals surface area contributed by atoms with E-state index in [1.54, 1.807) is 24.4 Å². The third kappa shape index (κ3) is 3.16. The lowest BCUT2D eigenvalue weighted by atomic mass is 10.0. The van der Waals surface area contributed by atoms with Gasteiger partial charge in [-0.1, -0.05) is 30.3 Å². The van der Waals surface area contributed by atoms with Crippen LogP contribution >= 0.6 is 0 Å². The highest BCUT2D eigenvalue weighted by Crippen LogP contribution is 2.32. The summed E-state index contributed by atoms with van der Waals surface area (Å²) in [5.41, 5.74) is 3.04. The second-order valence-electron chi connectivity index (χ2n) is 6.22. The van der Waals surface area contributed by atoms with Gasteiger partial charge in [-0.05, 0) is 48.7 Å². The van der Waals surface area contributed by atoms with E-state index in [9.17, 15) is 9.18 Å². The van der Waals surface area contributed by atoms with Gasteiger partial charge in [-0.3, -0.25) is 4.79 Å². The van der Waals surface area contributed by atoms with Gasteiger partial charge in [0, 0.05) is 12.2 Å². The molecule has 0 saturated heterocycles.